The predicted molar refractivity (Wildman–Crippen MR) is 61.4 cm³/mol. The molecule has 0 aliphatic rings. The smallest absolute Gasteiger partial charge is 0.323 e. The van der Waals surface area contributed by atoms with Gasteiger partial charge in [-0.2, -0.15) is 0 Å². The van der Waals surface area contributed by atoms with Crippen LogP contribution in [0.15, 0.2) is 22.8 Å². The van der Waals surface area contributed by atoms with Gasteiger partial charge in [-0.3, -0.25) is 9.69 Å². The number of carboxylic acid groups (broad SMARTS) is 1. The molecule has 4 heteroatoms. The molecule has 1 atom stereocenters. The second kappa shape index (κ2) is 4.70. The van der Waals surface area contributed by atoms with E-state index >= 15 is 0 Å². The van der Waals surface area contributed by atoms with Crippen LogP contribution >= 0.6 is 0 Å². The van der Waals surface area contributed by atoms with E-state index in [0.29, 0.717) is 6.42 Å². The van der Waals surface area contributed by atoms with Crippen molar-refractivity contribution in [1.82, 2.24) is 4.90 Å². The third kappa shape index (κ3) is 2.64. The molecule has 1 aromatic rings. The molecule has 0 fully saturated rings. The number of nitrogens with zero attached hydrogens (tertiary/aromatic N) is 1. The lowest BCUT2D eigenvalue weighted by Gasteiger charge is -2.36. The van der Waals surface area contributed by atoms with E-state index in [1.54, 1.807) is 20.1 Å². The van der Waals surface area contributed by atoms with E-state index in [1.165, 1.54) is 0 Å². The van der Waals surface area contributed by atoms with Crippen LogP contribution in [0.1, 0.15) is 26.5 Å². The lowest BCUT2D eigenvalue weighted by atomic mass is 10.0. The average Bonchev–Trinajstić information content (AvgIpc) is 2.68. The first-order valence-corrected chi connectivity index (χ1v) is 5.34. The largest absolute Gasteiger partial charge is 0.480 e. The molecule has 0 amide bonds. The van der Waals surface area contributed by atoms with Crippen LogP contribution < -0.4 is 0 Å². The molecule has 0 bridgehead atoms. The fourth-order valence-corrected chi connectivity index (χ4v) is 1.56. The van der Waals surface area contributed by atoms with E-state index in [2.05, 4.69) is 0 Å². The van der Waals surface area contributed by atoms with Gasteiger partial charge in [0, 0.05) is 12.5 Å². The van der Waals surface area contributed by atoms with Crippen LogP contribution in [0.5, 0.6) is 0 Å². The molecular weight excluding hydrogens is 206 g/mol. The molecule has 1 unspecified atom stereocenters. The highest BCUT2D eigenvalue weighted by molar-refractivity contribution is 5.77. The number of likely N-dealkylation sites (N-methyl/N-ethyl adjacent to an activating group) is 1. The Balaban J connectivity index is 2.67. The molecule has 0 radical (unpaired) electrons. The molecule has 0 saturated carbocycles. The summed E-state index contributed by atoms with van der Waals surface area (Å²) < 4.78 is 5.25. The van der Waals surface area contributed by atoms with Gasteiger partial charge in [0.2, 0.25) is 0 Å². The molecule has 1 N–H and O–H groups in total. The zero-order chi connectivity index (χ0) is 12.3. The SMILES string of the molecule is CC(Cc1ccco1)N(C)C(C)(C)C(=O)O. The summed E-state index contributed by atoms with van der Waals surface area (Å²) in [5, 5.41) is 9.12. The van der Waals surface area contributed by atoms with Crippen molar-refractivity contribution in [2.45, 2.75) is 38.8 Å². The molecule has 1 rings (SSSR count). The van der Waals surface area contributed by atoms with E-state index in [4.69, 9.17) is 9.52 Å². The van der Waals surface area contributed by atoms with Crippen molar-refractivity contribution in [2.24, 2.45) is 0 Å². The van der Waals surface area contributed by atoms with E-state index in [0.717, 1.165) is 5.76 Å². The highest BCUT2D eigenvalue weighted by Crippen LogP contribution is 2.18. The van der Waals surface area contributed by atoms with Crippen LogP contribution in [0.4, 0.5) is 0 Å². The summed E-state index contributed by atoms with van der Waals surface area (Å²) in [6.07, 6.45) is 2.34. The number of hydrogen-bond donors (Lipinski definition) is 1. The molecule has 0 saturated heterocycles. The van der Waals surface area contributed by atoms with Gasteiger partial charge in [0.1, 0.15) is 11.3 Å². The van der Waals surface area contributed by atoms with Crippen LogP contribution in [-0.4, -0.2) is 34.6 Å². The molecule has 16 heavy (non-hydrogen) atoms. The summed E-state index contributed by atoms with van der Waals surface area (Å²) in [4.78, 5) is 12.9. The fraction of sp³-hybridized carbons (Fsp3) is 0.583. The van der Waals surface area contributed by atoms with Gasteiger partial charge in [-0.15, -0.1) is 0 Å². The van der Waals surface area contributed by atoms with Crippen LogP contribution in [-0.2, 0) is 11.2 Å². The summed E-state index contributed by atoms with van der Waals surface area (Å²) >= 11 is 0. The summed E-state index contributed by atoms with van der Waals surface area (Å²) in [5.74, 6) is 0.0573. The number of aliphatic carboxylic acids is 1. The normalized spacial score (nSPS) is 14.1. The van der Waals surface area contributed by atoms with Crippen molar-refractivity contribution in [1.29, 1.82) is 0 Å². The number of furan rings is 1. The monoisotopic (exact) mass is 225 g/mol. The zero-order valence-electron chi connectivity index (χ0n) is 10.2. The van der Waals surface area contributed by atoms with Gasteiger partial charge in [0.05, 0.1) is 6.26 Å². The number of carboxylic acids is 1. The number of hydrogen-bond acceptors (Lipinski definition) is 3. The second-order valence-corrected chi connectivity index (χ2v) is 4.61. The van der Waals surface area contributed by atoms with Gasteiger partial charge in [-0.05, 0) is 40.0 Å². The van der Waals surface area contributed by atoms with E-state index in [9.17, 15) is 4.79 Å². The molecule has 0 aliphatic carbocycles. The Morgan fingerprint density at radius 2 is 2.25 bits per heavy atom. The molecule has 0 spiro atoms. The van der Waals surface area contributed by atoms with Crippen molar-refractivity contribution in [3.8, 4) is 0 Å². The van der Waals surface area contributed by atoms with E-state index in [-0.39, 0.29) is 6.04 Å². The Labute approximate surface area is 95.9 Å². The lowest BCUT2D eigenvalue weighted by Crippen LogP contribution is -2.52. The fourth-order valence-electron chi connectivity index (χ4n) is 1.56. The Morgan fingerprint density at radius 1 is 1.62 bits per heavy atom. The molecule has 90 valence electrons. The highest BCUT2D eigenvalue weighted by atomic mass is 16.4. The molecule has 1 aromatic heterocycles. The van der Waals surface area contributed by atoms with Gasteiger partial charge < -0.3 is 9.52 Å². The Kier molecular flexibility index (Phi) is 3.75. The number of carbonyl (C=O) groups is 1. The molecule has 0 aliphatic heterocycles. The highest BCUT2D eigenvalue weighted by Gasteiger charge is 2.34. The Bertz CT molecular complexity index is 343. The minimum atomic E-state index is -0.869. The standard InChI is InChI=1S/C12H19NO3/c1-9(8-10-6-5-7-16-10)13(4)12(2,3)11(14)15/h5-7,9H,8H2,1-4H3,(H,14,15). The first-order chi connectivity index (χ1) is 7.35. The molecule has 4 nitrogen and oxygen atoms in total. The van der Waals surface area contributed by atoms with Gasteiger partial charge in [-0.25, -0.2) is 0 Å². The minimum Gasteiger partial charge on any atom is -0.480 e. The molecule has 0 aromatic carbocycles. The van der Waals surface area contributed by atoms with Crippen molar-refractivity contribution in [2.75, 3.05) is 7.05 Å². The first kappa shape index (κ1) is 12.8. The third-order valence-electron chi connectivity index (χ3n) is 3.14. The molecular formula is C12H19NO3. The van der Waals surface area contributed by atoms with Crippen LogP contribution in [0.3, 0.4) is 0 Å². The number of rotatable bonds is 5. The van der Waals surface area contributed by atoms with Gasteiger partial charge in [-0.1, -0.05) is 0 Å². The topological polar surface area (TPSA) is 53.7 Å². The average molecular weight is 225 g/mol. The maximum Gasteiger partial charge on any atom is 0.323 e. The molecule has 1 heterocycles. The van der Waals surface area contributed by atoms with Crippen LogP contribution in [0.2, 0.25) is 0 Å². The maximum absolute atomic E-state index is 11.1. The van der Waals surface area contributed by atoms with Crippen LogP contribution in [0.25, 0.3) is 0 Å². The predicted octanol–water partition coefficient (Wildman–Crippen LogP) is 2.01. The van der Waals surface area contributed by atoms with E-state index in [1.807, 2.05) is 31.0 Å². The lowest BCUT2D eigenvalue weighted by molar-refractivity contribution is -0.149. The maximum atomic E-state index is 11.1. The Hall–Kier alpha value is -1.29. The van der Waals surface area contributed by atoms with Gasteiger partial charge in [0.15, 0.2) is 0 Å². The van der Waals surface area contributed by atoms with Crippen molar-refractivity contribution in [3.05, 3.63) is 24.2 Å². The van der Waals surface area contributed by atoms with Crippen molar-refractivity contribution < 1.29 is 14.3 Å². The summed E-state index contributed by atoms with van der Waals surface area (Å²) in [6, 6.07) is 3.85. The first-order valence-electron chi connectivity index (χ1n) is 5.34. The Morgan fingerprint density at radius 3 is 2.69 bits per heavy atom. The summed E-state index contributed by atoms with van der Waals surface area (Å²) in [6.45, 7) is 5.40. The summed E-state index contributed by atoms with van der Waals surface area (Å²) in [7, 11) is 1.82. The second-order valence-electron chi connectivity index (χ2n) is 4.61. The zero-order valence-corrected chi connectivity index (χ0v) is 10.2. The summed E-state index contributed by atoms with van der Waals surface area (Å²) in [5.41, 5.74) is -0.869. The van der Waals surface area contributed by atoms with E-state index < -0.39 is 11.5 Å². The van der Waals surface area contributed by atoms with Crippen molar-refractivity contribution >= 4 is 5.97 Å². The van der Waals surface area contributed by atoms with Crippen molar-refractivity contribution in [3.63, 3.8) is 0 Å². The quantitative estimate of drug-likeness (QED) is 0.832. The third-order valence-corrected chi connectivity index (χ3v) is 3.14. The van der Waals surface area contributed by atoms with Crippen LogP contribution in [0, 0.1) is 0 Å². The minimum absolute atomic E-state index is 0.109. The van der Waals surface area contributed by atoms with Gasteiger partial charge in [0.25, 0.3) is 0 Å². The van der Waals surface area contributed by atoms with Gasteiger partial charge >= 0.3 is 5.97 Å².